The van der Waals surface area contributed by atoms with Gasteiger partial charge in [0.25, 0.3) is 0 Å². The lowest BCUT2D eigenvalue weighted by Gasteiger charge is -2.34. The predicted molar refractivity (Wildman–Crippen MR) is 156 cm³/mol. The number of alkyl carbamates (subject to hydrolysis) is 1. The third-order valence-electron chi connectivity index (χ3n) is 6.21. The van der Waals surface area contributed by atoms with Gasteiger partial charge in [0.15, 0.2) is 0 Å². The molecule has 41 heavy (non-hydrogen) atoms. The smallest absolute Gasteiger partial charge is 0.408 e. The van der Waals surface area contributed by atoms with Gasteiger partial charge in [-0.2, -0.15) is 0 Å². The van der Waals surface area contributed by atoms with Crippen molar-refractivity contribution in [2.24, 2.45) is 0 Å². The number of benzene rings is 3. The van der Waals surface area contributed by atoms with Crippen LogP contribution in [0.1, 0.15) is 56.8 Å². The molecule has 2 unspecified atom stereocenters. The molecule has 9 nitrogen and oxygen atoms in total. The standard InChI is InChI=1S/C32H39N3O6/c1-5-19-35(28(25-13-9-10-14-27(25)37)29(38)33-21-23-11-7-6-8-12-23)30(39)26(34-31(40)41-32(2,3)4)20-22-15-17-24(36)18-16-22/h6-18,26,28,36-37H,5,19-21H2,1-4H3,(H,33,38)(H,34,40). The number of rotatable bonds is 11. The molecular weight excluding hydrogens is 522 g/mol. The van der Waals surface area contributed by atoms with Crippen molar-refractivity contribution < 1.29 is 29.3 Å². The third-order valence-corrected chi connectivity index (χ3v) is 6.21. The monoisotopic (exact) mass is 561 g/mol. The fourth-order valence-corrected chi connectivity index (χ4v) is 4.38. The summed E-state index contributed by atoms with van der Waals surface area (Å²) in [5, 5.41) is 26.1. The molecule has 0 aliphatic heterocycles. The van der Waals surface area contributed by atoms with E-state index in [-0.39, 0.29) is 36.6 Å². The average molecular weight is 562 g/mol. The minimum Gasteiger partial charge on any atom is -0.508 e. The third kappa shape index (κ3) is 9.27. The molecule has 3 aromatic rings. The SMILES string of the molecule is CCCN(C(=O)C(Cc1ccc(O)cc1)NC(=O)OC(C)(C)C)C(C(=O)NCc1ccccc1)c1ccccc1O. The van der Waals surface area contributed by atoms with Crippen LogP contribution in [0.3, 0.4) is 0 Å². The van der Waals surface area contributed by atoms with Gasteiger partial charge in [-0.1, -0.05) is 67.6 Å². The molecule has 0 aliphatic rings. The lowest BCUT2D eigenvalue weighted by Crippen LogP contribution is -2.54. The van der Waals surface area contributed by atoms with Crippen LogP contribution in [-0.2, 0) is 27.3 Å². The highest BCUT2D eigenvalue weighted by molar-refractivity contribution is 5.92. The Bertz CT molecular complexity index is 1310. The molecular formula is C32H39N3O6. The Kier molecular flexibility index (Phi) is 10.7. The summed E-state index contributed by atoms with van der Waals surface area (Å²) in [4.78, 5) is 42.2. The van der Waals surface area contributed by atoms with E-state index in [1.165, 1.54) is 23.1 Å². The molecule has 4 N–H and O–H groups in total. The van der Waals surface area contributed by atoms with Gasteiger partial charge >= 0.3 is 6.09 Å². The van der Waals surface area contributed by atoms with E-state index in [4.69, 9.17) is 4.74 Å². The fraction of sp³-hybridized carbons (Fsp3) is 0.344. The lowest BCUT2D eigenvalue weighted by molar-refractivity contribution is -0.142. The van der Waals surface area contributed by atoms with Crippen LogP contribution < -0.4 is 10.6 Å². The highest BCUT2D eigenvalue weighted by Crippen LogP contribution is 2.30. The Morgan fingerprint density at radius 1 is 0.878 bits per heavy atom. The van der Waals surface area contributed by atoms with Gasteiger partial charge in [-0.25, -0.2) is 4.79 Å². The Morgan fingerprint density at radius 2 is 1.51 bits per heavy atom. The number of hydrogen-bond acceptors (Lipinski definition) is 6. The van der Waals surface area contributed by atoms with Crippen LogP contribution in [0.2, 0.25) is 0 Å². The van der Waals surface area contributed by atoms with Gasteiger partial charge < -0.3 is 30.5 Å². The maximum Gasteiger partial charge on any atom is 0.408 e. The summed E-state index contributed by atoms with van der Waals surface area (Å²) in [6.07, 6.45) is -0.184. The molecule has 0 aliphatic carbocycles. The molecule has 9 heteroatoms. The molecule has 0 spiro atoms. The molecule has 0 saturated carbocycles. The Labute approximate surface area is 241 Å². The first kappa shape index (κ1) is 31.0. The van der Waals surface area contributed by atoms with Crippen molar-refractivity contribution in [1.82, 2.24) is 15.5 Å². The normalized spacial score (nSPS) is 12.6. The summed E-state index contributed by atoms with van der Waals surface area (Å²) in [5.41, 5.74) is 1.03. The number of nitrogens with zero attached hydrogens (tertiary/aromatic N) is 1. The first-order valence-electron chi connectivity index (χ1n) is 13.7. The van der Waals surface area contributed by atoms with Crippen LogP contribution in [0, 0.1) is 0 Å². The van der Waals surface area contributed by atoms with Crippen LogP contribution in [0.25, 0.3) is 0 Å². The summed E-state index contributed by atoms with van der Waals surface area (Å²) in [6.45, 7) is 7.44. The van der Waals surface area contributed by atoms with E-state index in [1.54, 1.807) is 51.1 Å². The van der Waals surface area contributed by atoms with E-state index in [1.807, 2.05) is 37.3 Å². The molecule has 0 fully saturated rings. The van der Waals surface area contributed by atoms with Crippen molar-refractivity contribution >= 4 is 17.9 Å². The molecule has 3 amide bonds. The number of aromatic hydroxyl groups is 2. The highest BCUT2D eigenvalue weighted by Gasteiger charge is 2.37. The summed E-state index contributed by atoms with van der Waals surface area (Å²) in [5.74, 6) is -1.05. The first-order valence-corrected chi connectivity index (χ1v) is 13.7. The van der Waals surface area contributed by atoms with Crippen molar-refractivity contribution in [2.45, 2.75) is 64.8 Å². The molecule has 0 radical (unpaired) electrons. The number of nitrogens with one attached hydrogen (secondary N) is 2. The largest absolute Gasteiger partial charge is 0.508 e. The zero-order valence-electron chi connectivity index (χ0n) is 24.0. The number of phenols is 2. The quantitative estimate of drug-likeness (QED) is 0.266. The van der Waals surface area contributed by atoms with Crippen LogP contribution in [-0.4, -0.2) is 51.2 Å². The Balaban J connectivity index is 1.99. The van der Waals surface area contributed by atoms with Crippen LogP contribution in [0.4, 0.5) is 4.79 Å². The maximum atomic E-state index is 14.3. The number of amides is 3. The second-order valence-electron chi connectivity index (χ2n) is 10.8. The predicted octanol–water partition coefficient (Wildman–Crippen LogP) is 4.83. The van der Waals surface area contributed by atoms with Gasteiger partial charge in [-0.05, 0) is 56.5 Å². The summed E-state index contributed by atoms with van der Waals surface area (Å²) < 4.78 is 5.43. The van der Waals surface area contributed by atoms with E-state index < -0.39 is 35.6 Å². The number of carbonyl (C=O) groups is 3. The van der Waals surface area contributed by atoms with Gasteiger partial charge in [0.1, 0.15) is 29.2 Å². The molecule has 3 aromatic carbocycles. The van der Waals surface area contributed by atoms with Gasteiger partial charge in [-0.15, -0.1) is 0 Å². The molecule has 0 bridgehead atoms. The average Bonchev–Trinajstić information content (AvgIpc) is 2.92. The van der Waals surface area contributed by atoms with Crippen LogP contribution >= 0.6 is 0 Å². The minimum atomic E-state index is -1.17. The Morgan fingerprint density at radius 3 is 2.12 bits per heavy atom. The minimum absolute atomic E-state index is 0.0686. The number of para-hydroxylation sites is 1. The molecule has 3 rings (SSSR count). The number of carbonyl (C=O) groups excluding carboxylic acids is 3. The molecule has 0 heterocycles. The number of ether oxygens (including phenoxy) is 1. The molecule has 0 aromatic heterocycles. The van der Waals surface area contributed by atoms with Crippen molar-refractivity contribution in [3.63, 3.8) is 0 Å². The molecule has 2 atom stereocenters. The van der Waals surface area contributed by atoms with Crippen molar-refractivity contribution in [2.75, 3.05) is 6.54 Å². The van der Waals surface area contributed by atoms with Gasteiger partial charge in [-0.3, -0.25) is 9.59 Å². The van der Waals surface area contributed by atoms with Crippen LogP contribution in [0.15, 0.2) is 78.9 Å². The molecule has 0 saturated heterocycles. The maximum absolute atomic E-state index is 14.3. The molecule has 218 valence electrons. The van der Waals surface area contributed by atoms with E-state index >= 15 is 0 Å². The van der Waals surface area contributed by atoms with Crippen LogP contribution in [0.5, 0.6) is 11.5 Å². The zero-order valence-corrected chi connectivity index (χ0v) is 24.0. The van der Waals surface area contributed by atoms with Gasteiger partial charge in [0.2, 0.25) is 11.8 Å². The van der Waals surface area contributed by atoms with Gasteiger partial charge in [0, 0.05) is 25.1 Å². The zero-order chi connectivity index (χ0) is 30.0. The van der Waals surface area contributed by atoms with Gasteiger partial charge in [0.05, 0.1) is 0 Å². The highest BCUT2D eigenvalue weighted by atomic mass is 16.6. The number of hydrogen-bond donors (Lipinski definition) is 4. The summed E-state index contributed by atoms with van der Waals surface area (Å²) in [7, 11) is 0. The van der Waals surface area contributed by atoms with E-state index in [9.17, 15) is 24.6 Å². The second kappa shape index (κ2) is 14.2. The lowest BCUT2D eigenvalue weighted by atomic mass is 9.99. The van der Waals surface area contributed by atoms with E-state index in [0.717, 1.165) is 5.56 Å². The Hall–Kier alpha value is -4.53. The van der Waals surface area contributed by atoms with Crippen molar-refractivity contribution in [3.05, 3.63) is 95.6 Å². The topological polar surface area (TPSA) is 128 Å². The first-order chi connectivity index (χ1) is 19.5. The van der Waals surface area contributed by atoms with E-state index in [0.29, 0.717) is 12.0 Å². The fourth-order valence-electron chi connectivity index (χ4n) is 4.38. The summed E-state index contributed by atoms with van der Waals surface area (Å²) >= 11 is 0. The number of phenolic OH excluding ortho intramolecular Hbond substituents is 2. The van der Waals surface area contributed by atoms with Crippen molar-refractivity contribution in [1.29, 1.82) is 0 Å². The van der Waals surface area contributed by atoms with E-state index in [2.05, 4.69) is 10.6 Å². The summed E-state index contributed by atoms with van der Waals surface area (Å²) in [6, 6.07) is 19.8. The second-order valence-corrected chi connectivity index (χ2v) is 10.8. The van der Waals surface area contributed by atoms with Crippen molar-refractivity contribution in [3.8, 4) is 11.5 Å².